The van der Waals surface area contributed by atoms with E-state index in [0.29, 0.717) is 30.5 Å². The van der Waals surface area contributed by atoms with E-state index in [1.165, 1.54) is 6.42 Å². The van der Waals surface area contributed by atoms with Crippen LogP contribution in [-0.4, -0.2) is 75.1 Å². The Morgan fingerprint density at radius 2 is 1.86 bits per heavy atom. The van der Waals surface area contributed by atoms with Gasteiger partial charge in [0.1, 0.15) is 24.0 Å². The third-order valence-electron chi connectivity index (χ3n) is 7.63. The molecule has 0 spiro atoms. The van der Waals surface area contributed by atoms with Crippen molar-refractivity contribution in [1.82, 2.24) is 25.3 Å². The number of carbonyl (C=O) groups excluding carboxylic acids is 3. The molecule has 0 radical (unpaired) electrons. The van der Waals surface area contributed by atoms with Crippen LogP contribution in [0.1, 0.15) is 54.4 Å². The zero-order valence-electron chi connectivity index (χ0n) is 20.0. The number of imide groups is 1. The first-order chi connectivity index (χ1) is 17.5. The van der Waals surface area contributed by atoms with Gasteiger partial charge in [-0.1, -0.05) is 6.42 Å². The number of nitrogens with zero attached hydrogens (tertiary/aromatic N) is 4. The number of nitrogens with one attached hydrogen (secondary N) is 1. The van der Waals surface area contributed by atoms with Crippen molar-refractivity contribution >= 4 is 17.7 Å². The third-order valence-corrected chi connectivity index (χ3v) is 7.63. The second kappa shape index (κ2) is 9.50. The maximum absolute atomic E-state index is 13.0. The minimum absolute atomic E-state index is 0.0672. The fourth-order valence-electron chi connectivity index (χ4n) is 5.77. The number of carbonyl (C=O) groups is 3. The summed E-state index contributed by atoms with van der Waals surface area (Å²) in [5, 5.41) is 10.2. The lowest BCUT2D eigenvalue weighted by molar-refractivity contribution is -0.136. The molecule has 1 aliphatic carbocycles. The van der Waals surface area contributed by atoms with Crippen molar-refractivity contribution in [3.05, 3.63) is 47.7 Å². The van der Waals surface area contributed by atoms with Crippen LogP contribution in [0, 0.1) is 0 Å². The lowest BCUT2D eigenvalue weighted by Crippen LogP contribution is -2.62. The Bertz CT molecular complexity index is 1170. The molecule has 2 saturated heterocycles. The first kappa shape index (κ1) is 22.9. The van der Waals surface area contributed by atoms with Gasteiger partial charge in [-0.2, -0.15) is 5.10 Å². The SMILES string of the molecule is O=C1CCC(N2Cc3cc(O[C@@H]4CCCC[C@H]4N4CC(Oc5cccnn5)C4)ccc3C2=O)C(=O)N1. The van der Waals surface area contributed by atoms with Gasteiger partial charge in [0.05, 0.1) is 0 Å². The van der Waals surface area contributed by atoms with Crippen molar-refractivity contribution < 1.29 is 23.9 Å². The molecule has 10 heteroatoms. The predicted octanol–water partition coefficient (Wildman–Crippen LogP) is 1.69. The van der Waals surface area contributed by atoms with Gasteiger partial charge in [0.15, 0.2) is 0 Å². The molecule has 188 valence electrons. The van der Waals surface area contributed by atoms with Crippen LogP contribution in [0.2, 0.25) is 0 Å². The van der Waals surface area contributed by atoms with Crippen LogP contribution in [0.25, 0.3) is 0 Å². The molecule has 3 amide bonds. The molecule has 3 atom stereocenters. The number of likely N-dealkylation sites (tertiary alicyclic amines) is 1. The van der Waals surface area contributed by atoms with Gasteiger partial charge in [0.25, 0.3) is 5.91 Å². The highest BCUT2D eigenvalue weighted by molar-refractivity contribution is 6.05. The molecule has 6 rings (SSSR count). The summed E-state index contributed by atoms with van der Waals surface area (Å²) in [5.41, 5.74) is 1.45. The van der Waals surface area contributed by atoms with Crippen molar-refractivity contribution in [2.75, 3.05) is 13.1 Å². The lowest BCUT2D eigenvalue weighted by atomic mass is 9.89. The molecule has 0 bridgehead atoms. The summed E-state index contributed by atoms with van der Waals surface area (Å²) in [6.45, 7) is 2.01. The maximum Gasteiger partial charge on any atom is 0.255 e. The quantitative estimate of drug-likeness (QED) is 0.608. The first-order valence-electron chi connectivity index (χ1n) is 12.7. The Morgan fingerprint density at radius 3 is 2.67 bits per heavy atom. The zero-order valence-corrected chi connectivity index (χ0v) is 20.0. The van der Waals surface area contributed by atoms with Gasteiger partial charge in [-0.3, -0.25) is 24.6 Å². The molecule has 10 nitrogen and oxygen atoms in total. The summed E-state index contributed by atoms with van der Waals surface area (Å²) in [7, 11) is 0. The Kier molecular flexibility index (Phi) is 6.04. The van der Waals surface area contributed by atoms with Gasteiger partial charge in [0.2, 0.25) is 17.7 Å². The van der Waals surface area contributed by atoms with E-state index in [1.54, 1.807) is 17.2 Å². The third kappa shape index (κ3) is 4.41. The summed E-state index contributed by atoms with van der Waals surface area (Å²) in [6.07, 6.45) is 6.77. The smallest absolute Gasteiger partial charge is 0.255 e. The number of piperidine rings is 1. The molecule has 1 aromatic carbocycles. The van der Waals surface area contributed by atoms with Crippen LogP contribution in [0.5, 0.6) is 11.6 Å². The largest absolute Gasteiger partial charge is 0.489 e. The number of ether oxygens (including phenoxy) is 2. The molecule has 36 heavy (non-hydrogen) atoms. The van der Waals surface area contributed by atoms with Crippen LogP contribution >= 0.6 is 0 Å². The van der Waals surface area contributed by atoms with Gasteiger partial charge in [-0.05, 0) is 55.5 Å². The normalized spacial score (nSPS) is 26.8. The minimum Gasteiger partial charge on any atom is -0.489 e. The highest BCUT2D eigenvalue weighted by atomic mass is 16.5. The topological polar surface area (TPSA) is 114 Å². The molecule has 4 heterocycles. The molecular formula is C26H29N5O5. The number of benzene rings is 1. The average Bonchev–Trinajstić information content (AvgIpc) is 3.18. The van der Waals surface area contributed by atoms with Crippen molar-refractivity contribution in [2.24, 2.45) is 0 Å². The van der Waals surface area contributed by atoms with E-state index in [4.69, 9.17) is 9.47 Å². The summed E-state index contributed by atoms with van der Waals surface area (Å²) in [6, 6.07) is 8.92. The predicted molar refractivity (Wildman–Crippen MR) is 127 cm³/mol. The summed E-state index contributed by atoms with van der Waals surface area (Å²) in [4.78, 5) is 40.8. The second-order valence-electron chi connectivity index (χ2n) is 9.98. The van der Waals surface area contributed by atoms with Crippen LogP contribution in [0.3, 0.4) is 0 Å². The van der Waals surface area contributed by atoms with Gasteiger partial charge >= 0.3 is 0 Å². The molecule has 1 saturated carbocycles. The minimum atomic E-state index is -0.613. The van der Waals surface area contributed by atoms with Gasteiger partial charge in [0, 0.05) is 49.9 Å². The summed E-state index contributed by atoms with van der Waals surface area (Å²) in [5.74, 6) is 0.447. The molecular weight excluding hydrogens is 462 g/mol. The van der Waals surface area contributed by atoms with Crippen molar-refractivity contribution in [1.29, 1.82) is 0 Å². The molecule has 3 aliphatic heterocycles. The Labute approximate surface area is 208 Å². The standard InChI is InChI=1S/C26H29N5O5/c32-23-10-9-21(25(33)28-23)31-13-16-12-17(7-8-19(16)26(31)34)35-22-5-2-1-4-20(22)30-14-18(15-30)36-24-6-3-11-27-29-24/h3,6-8,11-12,18,20-22H,1-2,4-5,9-10,13-15H2,(H,28,32,33)/t20-,21?,22-/m1/s1. The molecule has 3 fully saturated rings. The van der Waals surface area contributed by atoms with Crippen LogP contribution < -0.4 is 14.8 Å². The van der Waals surface area contributed by atoms with E-state index >= 15 is 0 Å². The Balaban J connectivity index is 1.09. The van der Waals surface area contributed by atoms with Gasteiger partial charge in [-0.15, -0.1) is 5.10 Å². The van der Waals surface area contributed by atoms with Crippen molar-refractivity contribution in [3.8, 4) is 11.6 Å². The molecule has 1 N–H and O–H groups in total. The first-order valence-corrected chi connectivity index (χ1v) is 12.7. The molecule has 4 aliphatic rings. The highest BCUT2D eigenvalue weighted by Gasteiger charge is 2.41. The van der Waals surface area contributed by atoms with E-state index in [1.807, 2.05) is 24.3 Å². The van der Waals surface area contributed by atoms with E-state index in [2.05, 4.69) is 20.4 Å². The van der Waals surface area contributed by atoms with Gasteiger partial charge < -0.3 is 14.4 Å². The number of hydrogen-bond donors (Lipinski definition) is 1. The van der Waals surface area contributed by atoms with E-state index < -0.39 is 11.9 Å². The molecule has 1 aromatic heterocycles. The monoisotopic (exact) mass is 491 g/mol. The second-order valence-corrected chi connectivity index (χ2v) is 9.98. The summed E-state index contributed by atoms with van der Waals surface area (Å²) < 4.78 is 12.4. The lowest BCUT2D eigenvalue weighted by Gasteiger charge is -2.47. The van der Waals surface area contributed by atoms with Crippen LogP contribution in [0.15, 0.2) is 36.5 Å². The number of fused-ring (bicyclic) bond motifs is 1. The Morgan fingerprint density at radius 1 is 1.00 bits per heavy atom. The number of amides is 3. The van der Waals surface area contributed by atoms with E-state index in [9.17, 15) is 14.4 Å². The maximum atomic E-state index is 13.0. The molecule has 1 unspecified atom stereocenters. The number of aromatic nitrogens is 2. The van der Waals surface area contributed by atoms with Gasteiger partial charge in [-0.25, -0.2) is 0 Å². The number of hydrogen-bond acceptors (Lipinski definition) is 8. The van der Waals surface area contributed by atoms with E-state index in [-0.39, 0.29) is 30.4 Å². The zero-order chi connectivity index (χ0) is 24.6. The number of rotatable bonds is 6. The molecule has 2 aromatic rings. The highest BCUT2D eigenvalue weighted by Crippen LogP contribution is 2.34. The fraction of sp³-hybridized carbons (Fsp3) is 0.500. The van der Waals surface area contributed by atoms with Crippen molar-refractivity contribution in [3.63, 3.8) is 0 Å². The average molecular weight is 492 g/mol. The van der Waals surface area contributed by atoms with E-state index in [0.717, 1.165) is 43.7 Å². The van der Waals surface area contributed by atoms with Crippen LogP contribution in [-0.2, 0) is 16.1 Å². The Hall–Kier alpha value is -3.53. The van der Waals surface area contributed by atoms with Crippen LogP contribution in [0.4, 0.5) is 0 Å². The fourth-order valence-corrected chi connectivity index (χ4v) is 5.77. The van der Waals surface area contributed by atoms with Crippen molar-refractivity contribution in [2.45, 2.75) is 69.4 Å². The summed E-state index contributed by atoms with van der Waals surface area (Å²) >= 11 is 0.